The summed E-state index contributed by atoms with van der Waals surface area (Å²) in [5, 5.41) is 0.318. The number of unbranched alkanes of at least 4 members (excludes halogenated alkanes) is 2. The minimum Gasteiger partial charge on any atom is -0.416 e. The molecule has 0 aromatic heterocycles. The van der Waals surface area contributed by atoms with Gasteiger partial charge in [0, 0.05) is 11.6 Å². The van der Waals surface area contributed by atoms with Gasteiger partial charge in [0.2, 0.25) is 9.04 Å². The van der Waals surface area contributed by atoms with E-state index < -0.39 is 9.04 Å². The van der Waals surface area contributed by atoms with Crippen molar-refractivity contribution in [3.63, 3.8) is 0 Å². The van der Waals surface area contributed by atoms with Gasteiger partial charge in [-0.1, -0.05) is 52.2 Å². The third-order valence-corrected chi connectivity index (χ3v) is 6.02. The molecule has 0 N–H and O–H groups in total. The lowest BCUT2D eigenvalue weighted by Crippen LogP contribution is -2.33. The molecule has 2 heteroatoms. The van der Waals surface area contributed by atoms with Gasteiger partial charge in [0.25, 0.3) is 0 Å². The standard InChI is InChI=1S/C13H25OSi/c1-4-5-6-7-10-13(2,3)15-12-9-8-11-14-15/h7,10H,4-6,8-9,11-12H2,1-3H3/b10-7+. The Morgan fingerprint density at radius 1 is 1.33 bits per heavy atom. The fraction of sp³-hybridized carbons (Fsp3) is 0.846. The highest BCUT2D eigenvalue weighted by molar-refractivity contribution is 6.56. The highest BCUT2D eigenvalue weighted by Crippen LogP contribution is 2.35. The Morgan fingerprint density at radius 2 is 2.13 bits per heavy atom. The monoisotopic (exact) mass is 225 g/mol. The van der Waals surface area contributed by atoms with Crippen molar-refractivity contribution < 1.29 is 4.43 Å². The highest BCUT2D eigenvalue weighted by Gasteiger charge is 2.32. The predicted molar refractivity (Wildman–Crippen MR) is 68.5 cm³/mol. The number of rotatable bonds is 5. The van der Waals surface area contributed by atoms with Crippen LogP contribution in [0.1, 0.15) is 52.9 Å². The van der Waals surface area contributed by atoms with Gasteiger partial charge in [-0.2, -0.15) is 0 Å². The van der Waals surface area contributed by atoms with E-state index in [0.717, 1.165) is 6.61 Å². The summed E-state index contributed by atoms with van der Waals surface area (Å²) in [5.74, 6) is 0. The molecule has 1 saturated heterocycles. The molecule has 0 atom stereocenters. The minimum absolute atomic E-state index is 0.318. The topological polar surface area (TPSA) is 9.23 Å². The van der Waals surface area contributed by atoms with E-state index in [4.69, 9.17) is 4.43 Å². The number of hydrogen-bond acceptors (Lipinski definition) is 1. The maximum absolute atomic E-state index is 5.95. The molecule has 1 rings (SSSR count). The van der Waals surface area contributed by atoms with Crippen LogP contribution >= 0.6 is 0 Å². The molecule has 0 bridgehead atoms. The first-order valence-electron chi connectivity index (χ1n) is 6.33. The SMILES string of the molecule is CCCC/C=C/C(C)(C)[Si]1CCCCO1. The lowest BCUT2D eigenvalue weighted by atomic mass is 10.1. The van der Waals surface area contributed by atoms with E-state index >= 15 is 0 Å². The molecule has 87 valence electrons. The molecule has 15 heavy (non-hydrogen) atoms. The first-order chi connectivity index (χ1) is 7.17. The van der Waals surface area contributed by atoms with E-state index in [9.17, 15) is 0 Å². The van der Waals surface area contributed by atoms with Crippen LogP contribution in [-0.2, 0) is 4.43 Å². The van der Waals surface area contributed by atoms with Crippen molar-refractivity contribution in [3.8, 4) is 0 Å². The summed E-state index contributed by atoms with van der Waals surface area (Å²) in [6, 6.07) is 1.33. The average molecular weight is 225 g/mol. The van der Waals surface area contributed by atoms with Crippen LogP contribution in [0.15, 0.2) is 12.2 Å². The summed E-state index contributed by atoms with van der Waals surface area (Å²) in [6.07, 6.45) is 11.2. The van der Waals surface area contributed by atoms with Gasteiger partial charge in [-0.15, -0.1) is 0 Å². The second kappa shape index (κ2) is 6.49. The molecule has 1 fully saturated rings. The molecule has 0 aromatic carbocycles. The lowest BCUT2D eigenvalue weighted by molar-refractivity contribution is 0.274. The number of allylic oxidation sites excluding steroid dienone is 2. The molecule has 1 nitrogen and oxygen atoms in total. The van der Waals surface area contributed by atoms with Crippen molar-refractivity contribution in [1.29, 1.82) is 0 Å². The Balaban J connectivity index is 2.38. The van der Waals surface area contributed by atoms with E-state index in [1.807, 2.05) is 0 Å². The Labute approximate surface area is 96.6 Å². The zero-order valence-electron chi connectivity index (χ0n) is 10.5. The van der Waals surface area contributed by atoms with Crippen LogP contribution in [0.5, 0.6) is 0 Å². The molecule has 0 aliphatic carbocycles. The van der Waals surface area contributed by atoms with Crippen LogP contribution in [-0.4, -0.2) is 15.6 Å². The Hall–Kier alpha value is -0.0831. The molecule has 1 aliphatic heterocycles. The fourth-order valence-electron chi connectivity index (χ4n) is 1.96. The molecular weight excluding hydrogens is 200 g/mol. The molecule has 0 saturated carbocycles. The second-order valence-electron chi connectivity index (χ2n) is 5.00. The Bertz CT molecular complexity index is 193. The van der Waals surface area contributed by atoms with Crippen molar-refractivity contribution in [2.75, 3.05) is 6.61 Å². The summed E-state index contributed by atoms with van der Waals surface area (Å²) in [4.78, 5) is 0. The molecular formula is C13H25OSi. The van der Waals surface area contributed by atoms with Crippen LogP contribution in [0.4, 0.5) is 0 Å². The number of hydrogen-bond donors (Lipinski definition) is 0. The first-order valence-corrected chi connectivity index (χ1v) is 7.95. The van der Waals surface area contributed by atoms with Crippen LogP contribution in [0.3, 0.4) is 0 Å². The molecule has 0 unspecified atom stereocenters. The van der Waals surface area contributed by atoms with Gasteiger partial charge in [-0.25, -0.2) is 0 Å². The molecule has 1 aliphatic rings. The van der Waals surface area contributed by atoms with E-state index in [1.165, 1.54) is 38.1 Å². The van der Waals surface area contributed by atoms with Gasteiger partial charge in [-0.3, -0.25) is 0 Å². The molecule has 0 spiro atoms. The van der Waals surface area contributed by atoms with Crippen molar-refractivity contribution in [2.45, 2.75) is 64.0 Å². The zero-order valence-corrected chi connectivity index (χ0v) is 11.5. The van der Waals surface area contributed by atoms with Gasteiger partial charge < -0.3 is 4.43 Å². The third-order valence-electron chi connectivity index (χ3n) is 3.05. The maximum Gasteiger partial charge on any atom is 0.221 e. The summed E-state index contributed by atoms with van der Waals surface area (Å²) in [7, 11) is -0.598. The van der Waals surface area contributed by atoms with Crippen LogP contribution in [0.25, 0.3) is 0 Å². The molecule has 1 radical (unpaired) electrons. The highest BCUT2D eigenvalue weighted by atomic mass is 28.3. The summed E-state index contributed by atoms with van der Waals surface area (Å²) >= 11 is 0. The molecule has 0 aromatic rings. The van der Waals surface area contributed by atoms with Gasteiger partial charge in [-0.05, 0) is 18.9 Å². The smallest absolute Gasteiger partial charge is 0.221 e. The molecule has 0 amide bonds. The van der Waals surface area contributed by atoms with Crippen molar-refractivity contribution in [3.05, 3.63) is 12.2 Å². The zero-order chi connectivity index (χ0) is 11.1. The lowest BCUT2D eigenvalue weighted by Gasteiger charge is -2.32. The summed E-state index contributed by atoms with van der Waals surface area (Å²) in [6.45, 7) is 7.93. The van der Waals surface area contributed by atoms with E-state index in [2.05, 4.69) is 32.9 Å². The van der Waals surface area contributed by atoms with Gasteiger partial charge >= 0.3 is 0 Å². The van der Waals surface area contributed by atoms with Gasteiger partial charge in [0.15, 0.2) is 0 Å². The van der Waals surface area contributed by atoms with Crippen molar-refractivity contribution in [1.82, 2.24) is 0 Å². The maximum atomic E-state index is 5.95. The largest absolute Gasteiger partial charge is 0.416 e. The predicted octanol–water partition coefficient (Wildman–Crippen LogP) is 4.31. The van der Waals surface area contributed by atoms with E-state index in [0.29, 0.717) is 5.04 Å². The van der Waals surface area contributed by atoms with Crippen molar-refractivity contribution >= 4 is 9.04 Å². The van der Waals surface area contributed by atoms with Gasteiger partial charge in [0.1, 0.15) is 0 Å². The van der Waals surface area contributed by atoms with Crippen LogP contribution in [0.2, 0.25) is 11.1 Å². The van der Waals surface area contributed by atoms with Crippen molar-refractivity contribution in [2.24, 2.45) is 0 Å². The molecule has 1 heterocycles. The quantitative estimate of drug-likeness (QED) is 0.385. The Morgan fingerprint density at radius 3 is 2.73 bits per heavy atom. The van der Waals surface area contributed by atoms with E-state index in [1.54, 1.807) is 0 Å². The van der Waals surface area contributed by atoms with E-state index in [-0.39, 0.29) is 0 Å². The second-order valence-corrected chi connectivity index (χ2v) is 7.92. The van der Waals surface area contributed by atoms with Gasteiger partial charge in [0.05, 0.1) is 0 Å². The third kappa shape index (κ3) is 4.52. The summed E-state index contributed by atoms with van der Waals surface area (Å²) in [5.41, 5.74) is 0. The Kier molecular flexibility index (Phi) is 5.62. The average Bonchev–Trinajstić information content (AvgIpc) is 2.26. The van der Waals surface area contributed by atoms with Crippen LogP contribution < -0.4 is 0 Å². The minimum atomic E-state index is -0.598. The first kappa shape index (κ1) is 13.0. The van der Waals surface area contributed by atoms with Crippen LogP contribution in [0, 0.1) is 0 Å². The fourth-order valence-corrected chi connectivity index (χ4v) is 4.38. The summed E-state index contributed by atoms with van der Waals surface area (Å²) < 4.78 is 5.95. The normalized spacial score (nSPS) is 19.9.